The average Bonchev–Trinajstić information content (AvgIpc) is 2.28. The number of nitrogens with zero attached hydrogens (tertiary/aromatic N) is 2. The molecule has 0 bridgehead atoms. The smallest absolute Gasteiger partial charge is 0.179 e. The second-order valence-electron chi connectivity index (χ2n) is 4.16. The van der Waals surface area contributed by atoms with Gasteiger partial charge in [0.25, 0.3) is 0 Å². The van der Waals surface area contributed by atoms with E-state index >= 15 is 0 Å². The molecule has 1 rings (SSSR count). The Balaban J connectivity index is 3.16. The summed E-state index contributed by atoms with van der Waals surface area (Å²) in [4.78, 5) is 14.3. The molecule has 0 heterocycles. The Bertz CT molecular complexity index is 368. The number of anilines is 2. The van der Waals surface area contributed by atoms with Crippen LogP contribution in [0.5, 0.6) is 0 Å². The van der Waals surface area contributed by atoms with Gasteiger partial charge in [-0.05, 0) is 23.8 Å². The van der Waals surface area contributed by atoms with Crippen LogP contribution < -0.4 is 9.80 Å². The van der Waals surface area contributed by atoms with Gasteiger partial charge in [-0.15, -0.1) is 0 Å². The predicted octanol–water partition coefficient (Wildman–Crippen LogP) is 1.73. The van der Waals surface area contributed by atoms with Gasteiger partial charge >= 0.3 is 0 Å². The first-order valence-corrected chi connectivity index (χ1v) is 6.16. The van der Waals surface area contributed by atoms with Gasteiger partial charge in [-0.2, -0.15) is 0 Å². The monoisotopic (exact) mass is 254 g/mol. The lowest BCUT2D eigenvalue weighted by molar-refractivity contribution is 0.271. The van der Waals surface area contributed by atoms with E-state index in [-0.39, 0.29) is 0 Å². The van der Waals surface area contributed by atoms with Crippen molar-refractivity contribution in [2.75, 3.05) is 38.0 Å². The first kappa shape index (κ1) is 13.9. The van der Waals surface area contributed by atoms with Crippen molar-refractivity contribution < 1.29 is 9.90 Å². The van der Waals surface area contributed by atoms with E-state index in [0.29, 0.717) is 5.62 Å². The van der Waals surface area contributed by atoms with E-state index in [1.807, 2.05) is 56.2 Å². The molecule has 0 radical (unpaired) electrons. The number of carbonyl (C=O) groups is 1. The fourth-order valence-electron chi connectivity index (χ4n) is 1.41. The molecule has 0 aromatic heterocycles. The highest BCUT2D eigenvalue weighted by Gasteiger charge is 2.11. The number of carbonyl (C=O) groups excluding carboxylic acids is 1. The maximum Gasteiger partial charge on any atom is 0.179 e. The number of aliphatic hydroxyl groups is 1. The molecule has 1 atom stereocenters. The van der Waals surface area contributed by atoms with E-state index in [0.717, 1.165) is 28.7 Å². The standard InChI is InChI=1S/C12H18N2O2S/c1-13(2)10-5-9(12(16)17-8-15)6-11(7-10)14(3)4/h5-8,12,16H,1-4H3. The summed E-state index contributed by atoms with van der Waals surface area (Å²) in [5, 5.41) is 9.83. The molecular formula is C12H18N2O2S. The molecule has 94 valence electrons. The molecule has 1 aromatic rings. The van der Waals surface area contributed by atoms with Crippen LogP contribution in [0.4, 0.5) is 11.4 Å². The highest BCUT2D eigenvalue weighted by molar-refractivity contribution is 8.11. The second kappa shape index (κ2) is 5.93. The van der Waals surface area contributed by atoms with E-state index in [9.17, 15) is 9.90 Å². The van der Waals surface area contributed by atoms with Crippen molar-refractivity contribution in [3.05, 3.63) is 23.8 Å². The minimum Gasteiger partial charge on any atom is -0.378 e. The largest absolute Gasteiger partial charge is 0.378 e. The van der Waals surface area contributed by atoms with Gasteiger partial charge in [-0.3, -0.25) is 4.79 Å². The molecular weight excluding hydrogens is 236 g/mol. The zero-order valence-electron chi connectivity index (χ0n) is 10.5. The number of rotatable bonds is 5. The number of benzene rings is 1. The Morgan fingerprint density at radius 1 is 1.12 bits per heavy atom. The van der Waals surface area contributed by atoms with Gasteiger partial charge in [-0.25, -0.2) is 0 Å². The lowest BCUT2D eigenvalue weighted by Gasteiger charge is -2.21. The minimum atomic E-state index is -0.814. The number of hydrogen-bond donors (Lipinski definition) is 1. The first-order chi connectivity index (χ1) is 7.95. The van der Waals surface area contributed by atoms with Crippen LogP contribution in [0.3, 0.4) is 0 Å². The molecule has 0 aliphatic carbocycles. The summed E-state index contributed by atoms with van der Waals surface area (Å²) in [5.74, 6) is 0. The number of hydrogen-bond acceptors (Lipinski definition) is 5. The number of aliphatic hydroxyl groups excluding tert-OH is 1. The van der Waals surface area contributed by atoms with Gasteiger partial charge in [0.1, 0.15) is 5.44 Å². The Morgan fingerprint density at radius 2 is 1.59 bits per heavy atom. The van der Waals surface area contributed by atoms with Crippen molar-refractivity contribution in [1.29, 1.82) is 0 Å². The summed E-state index contributed by atoms with van der Waals surface area (Å²) in [6.45, 7) is 0. The summed E-state index contributed by atoms with van der Waals surface area (Å²) in [6.07, 6.45) is 0. The van der Waals surface area contributed by atoms with Gasteiger partial charge in [-0.1, -0.05) is 11.8 Å². The molecule has 1 aromatic carbocycles. The normalized spacial score (nSPS) is 12.1. The van der Waals surface area contributed by atoms with E-state index in [2.05, 4.69) is 0 Å². The summed E-state index contributed by atoms with van der Waals surface area (Å²) in [5.41, 5.74) is 2.57. The summed E-state index contributed by atoms with van der Waals surface area (Å²) >= 11 is 0.863. The van der Waals surface area contributed by atoms with Crippen molar-refractivity contribution in [3.63, 3.8) is 0 Å². The van der Waals surface area contributed by atoms with Gasteiger partial charge in [0.15, 0.2) is 5.62 Å². The highest BCUT2D eigenvalue weighted by Crippen LogP contribution is 2.31. The molecule has 1 unspecified atom stereocenters. The van der Waals surface area contributed by atoms with Crippen molar-refractivity contribution in [3.8, 4) is 0 Å². The van der Waals surface area contributed by atoms with Crippen LogP contribution in [0.15, 0.2) is 18.2 Å². The third-order valence-electron chi connectivity index (χ3n) is 2.43. The second-order valence-corrected chi connectivity index (χ2v) is 5.07. The molecule has 1 N–H and O–H groups in total. The maximum atomic E-state index is 10.4. The Hall–Kier alpha value is -1.20. The van der Waals surface area contributed by atoms with Crippen molar-refractivity contribution >= 4 is 28.8 Å². The van der Waals surface area contributed by atoms with Gasteiger partial charge in [0.05, 0.1) is 0 Å². The van der Waals surface area contributed by atoms with Crippen molar-refractivity contribution in [2.45, 2.75) is 5.44 Å². The van der Waals surface area contributed by atoms with Crippen LogP contribution in [-0.4, -0.2) is 38.9 Å². The molecule has 0 amide bonds. The zero-order valence-corrected chi connectivity index (χ0v) is 11.4. The van der Waals surface area contributed by atoms with E-state index in [1.54, 1.807) is 0 Å². The van der Waals surface area contributed by atoms with Gasteiger partial charge in [0.2, 0.25) is 0 Å². The molecule has 17 heavy (non-hydrogen) atoms. The third kappa shape index (κ3) is 3.64. The zero-order chi connectivity index (χ0) is 13.0. The van der Waals surface area contributed by atoms with Crippen LogP contribution in [0.25, 0.3) is 0 Å². The third-order valence-corrected chi connectivity index (χ3v) is 3.07. The van der Waals surface area contributed by atoms with Crippen molar-refractivity contribution in [2.24, 2.45) is 0 Å². The topological polar surface area (TPSA) is 43.8 Å². The maximum absolute atomic E-state index is 10.4. The summed E-state index contributed by atoms with van der Waals surface area (Å²) in [6, 6.07) is 5.80. The molecule has 0 saturated carbocycles. The first-order valence-electron chi connectivity index (χ1n) is 5.22. The van der Waals surface area contributed by atoms with Crippen LogP contribution >= 0.6 is 11.8 Å². The average molecular weight is 254 g/mol. The fourth-order valence-corrected chi connectivity index (χ4v) is 1.81. The Kier molecular flexibility index (Phi) is 4.84. The minimum absolute atomic E-state index is 0.655. The molecule has 5 heteroatoms. The lowest BCUT2D eigenvalue weighted by atomic mass is 10.1. The molecule has 0 saturated heterocycles. The molecule has 0 spiro atoms. The SMILES string of the molecule is CN(C)c1cc(C(O)SC=O)cc(N(C)C)c1. The van der Waals surface area contributed by atoms with Crippen molar-refractivity contribution in [1.82, 2.24) is 0 Å². The lowest BCUT2D eigenvalue weighted by Crippen LogP contribution is -2.13. The van der Waals surface area contributed by atoms with Crippen LogP contribution in [-0.2, 0) is 4.79 Å². The highest BCUT2D eigenvalue weighted by atomic mass is 32.2. The quantitative estimate of drug-likeness (QED) is 0.640. The Labute approximate surface area is 106 Å². The van der Waals surface area contributed by atoms with E-state index in [4.69, 9.17) is 0 Å². The van der Waals surface area contributed by atoms with E-state index in [1.165, 1.54) is 0 Å². The van der Waals surface area contributed by atoms with Crippen LogP contribution in [0.1, 0.15) is 11.0 Å². The summed E-state index contributed by atoms with van der Waals surface area (Å²) in [7, 11) is 7.77. The van der Waals surface area contributed by atoms with Crippen LogP contribution in [0, 0.1) is 0 Å². The predicted molar refractivity (Wildman–Crippen MR) is 74.4 cm³/mol. The van der Waals surface area contributed by atoms with Gasteiger partial charge < -0.3 is 14.9 Å². The fraction of sp³-hybridized carbons (Fsp3) is 0.417. The molecule has 4 nitrogen and oxygen atoms in total. The van der Waals surface area contributed by atoms with Crippen LogP contribution in [0.2, 0.25) is 0 Å². The molecule has 0 fully saturated rings. The van der Waals surface area contributed by atoms with E-state index < -0.39 is 5.44 Å². The molecule has 0 aliphatic heterocycles. The summed E-state index contributed by atoms with van der Waals surface area (Å²) < 4.78 is 0. The molecule has 0 aliphatic rings. The number of thioether (sulfide) groups is 1. The van der Waals surface area contributed by atoms with Gasteiger partial charge in [0, 0.05) is 39.6 Å². The Morgan fingerprint density at radius 3 is 1.94 bits per heavy atom.